The molecule has 0 saturated heterocycles. The normalized spacial score (nSPS) is 32.9. The number of Topliss-reactive ketones (excluding diaryl/α,β-unsaturated/α-hetero) is 1. The van der Waals surface area contributed by atoms with Gasteiger partial charge < -0.3 is 0 Å². The van der Waals surface area contributed by atoms with Crippen LogP contribution < -0.4 is 0 Å². The summed E-state index contributed by atoms with van der Waals surface area (Å²) in [7, 11) is 0. The zero-order chi connectivity index (χ0) is 10.4. The Labute approximate surface area is 97.7 Å². The molecule has 1 saturated carbocycles. The lowest BCUT2D eigenvalue weighted by molar-refractivity contribution is -0.139. The summed E-state index contributed by atoms with van der Waals surface area (Å²) in [5.74, 6) is -0.250. The van der Waals surface area contributed by atoms with Crippen LogP contribution in [0, 0.1) is 11.3 Å². The third-order valence-corrected chi connectivity index (χ3v) is 3.82. The number of rotatable bonds is 1. The molecule has 0 aliphatic heterocycles. The lowest BCUT2D eigenvalue weighted by atomic mass is 9.60. The fraction of sp³-hybridized carbons (Fsp3) is 0.875. The average Bonchev–Trinajstić information content (AvgIpc) is 1.96. The molecule has 1 fully saturated rings. The van der Waals surface area contributed by atoms with E-state index >= 15 is 0 Å². The average molecular weight is 264 g/mol. The second kappa shape index (κ2) is 3.44. The molecule has 0 bridgehead atoms. The summed E-state index contributed by atoms with van der Waals surface area (Å²) in [6.45, 7) is 3.82. The Morgan fingerprint density at radius 2 is 1.85 bits per heavy atom. The molecule has 0 N–H and O–H groups in total. The summed E-state index contributed by atoms with van der Waals surface area (Å²) in [5, 5.41) is -0.440. The van der Waals surface area contributed by atoms with Gasteiger partial charge >= 0.3 is 0 Å². The maximum absolute atomic E-state index is 11.3. The standard InChI is InChI=1S/C8H10Cl4O/c1-7(2)4(3-8(10,11)12)5(13)6(7)9/h4,6H,3H2,1-2H3/t4-,6+/m0/s1. The smallest absolute Gasteiger partial charge is 0.191 e. The van der Waals surface area contributed by atoms with Crippen LogP contribution in [0.5, 0.6) is 0 Å². The fourth-order valence-corrected chi connectivity index (χ4v) is 2.35. The predicted octanol–water partition coefficient (Wildman–Crippen LogP) is 3.58. The maximum Gasteiger partial charge on any atom is 0.191 e. The van der Waals surface area contributed by atoms with Gasteiger partial charge in [0, 0.05) is 12.3 Å². The van der Waals surface area contributed by atoms with E-state index < -0.39 is 9.17 Å². The van der Waals surface area contributed by atoms with Crippen molar-refractivity contribution >= 4 is 52.2 Å². The van der Waals surface area contributed by atoms with Crippen molar-refractivity contribution in [3.05, 3.63) is 0 Å². The molecule has 0 spiro atoms. The molecule has 13 heavy (non-hydrogen) atoms. The number of carbonyl (C=O) groups is 1. The zero-order valence-electron chi connectivity index (χ0n) is 7.28. The van der Waals surface area contributed by atoms with E-state index in [0.29, 0.717) is 0 Å². The summed E-state index contributed by atoms with van der Waals surface area (Å²) in [4.78, 5) is 11.3. The first-order valence-electron chi connectivity index (χ1n) is 3.91. The predicted molar refractivity (Wildman–Crippen MR) is 56.8 cm³/mol. The zero-order valence-corrected chi connectivity index (χ0v) is 10.3. The number of ketones is 1. The van der Waals surface area contributed by atoms with Gasteiger partial charge in [-0.05, 0) is 5.41 Å². The van der Waals surface area contributed by atoms with Gasteiger partial charge in [-0.3, -0.25) is 4.79 Å². The molecule has 0 unspecified atom stereocenters. The Kier molecular flexibility index (Phi) is 3.15. The summed E-state index contributed by atoms with van der Waals surface area (Å²) >= 11 is 22.7. The van der Waals surface area contributed by atoms with E-state index in [-0.39, 0.29) is 23.5 Å². The lowest BCUT2D eigenvalue weighted by Gasteiger charge is -2.48. The fourth-order valence-electron chi connectivity index (χ4n) is 1.59. The van der Waals surface area contributed by atoms with Crippen molar-refractivity contribution in [2.45, 2.75) is 29.4 Å². The van der Waals surface area contributed by atoms with Gasteiger partial charge in [0.15, 0.2) is 9.58 Å². The molecule has 0 aromatic heterocycles. The first kappa shape index (κ1) is 11.9. The van der Waals surface area contributed by atoms with Crippen LogP contribution in [0.25, 0.3) is 0 Å². The molecule has 1 rings (SSSR count). The van der Waals surface area contributed by atoms with Crippen molar-refractivity contribution in [3.8, 4) is 0 Å². The van der Waals surface area contributed by atoms with Crippen LogP contribution in [-0.4, -0.2) is 15.0 Å². The van der Waals surface area contributed by atoms with Crippen LogP contribution >= 0.6 is 46.4 Å². The van der Waals surface area contributed by atoms with E-state index in [1.807, 2.05) is 13.8 Å². The van der Waals surface area contributed by atoms with Gasteiger partial charge in [0.1, 0.15) is 0 Å². The molecular weight excluding hydrogens is 254 g/mol. The molecule has 0 aromatic carbocycles. The van der Waals surface area contributed by atoms with Gasteiger partial charge in [-0.2, -0.15) is 0 Å². The van der Waals surface area contributed by atoms with Crippen LogP contribution in [-0.2, 0) is 4.79 Å². The SMILES string of the molecule is CC1(C)[C@H](Cl)C(=O)[C@@H]1CC(Cl)(Cl)Cl. The Balaban J connectivity index is 2.68. The highest BCUT2D eigenvalue weighted by atomic mass is 35.6. The van der Waals surface area contributed by atoms with Crippen molar-refractivity contribution in [2.75, 3.05) is 0 Å². The summed E-state index contributed by atoms with van der Waals surface area (Å²) in [5.41, 5.74) is -0.261. The highest BCUT2D eigenvalue weighted by Crippen LogP contribution is 2.52. The van der Waals surface area contributed by atoms with Crippen LogP contribution in [0.3, 0.4) is 0 Å². The van der Waals surface area contributed by atoms with Crippen LogP contribution in [0.15, 0.2) is 0 Å². The van der Waals surface area contributed by atoms with Crippen LogP contribution in [0.1, 0.15) is 20.3 Å². The second-order valence-electron chi connectivity index (χ2n) is 3.96. The Bertz CT molecular complexity index is 231. The van der Waals surface area contributed by atoms with Crippen molar-refractivity contribution in [2.24, 2.45) is 11.3 Å². The Morgan fingerprint density at radius 3 is 2.15 bits per heavy atom. The summed E-state index contributed by atoms with van der Waals surface area (Å²) in [6.07, 6.45) is 0.243. The summed E-state index contributed by atoms with van der Waals surface area (Å²) in [6, 6.07) is 0. The molecule has 1 aliphatic carbocycles. The quantitative estimate of drug-likeness (QED) is 0.661. The number of carbonyl (C=O) groups excluding carboxylic acids is 1. The van der Waals surface area contributed by atoms with E-state index in [1.54, 1.807) is 0 Å². The summed E-state index contributed by atoms with van der Waals surface area (Å²) < 4.78 is -1.37. The number of hydrogen-bond acceptors (Lipinski definition) is 1. The minimum atomic E-state index is -1.37. The monoisotopic (exact) mass is 262 g/mol. The molecular formula is C8H10Cl4O. The van der Waals surface area contributed by atoms with Gasteiger partial charge in [0.05, 0.1) is 5.38 Å². The Hall–Kier alpha value is 0.830. The van der Waals surface area contributed by atoms with Gasteiger partial charge in [-0.25, -0.2) is 0 Å². The van der Waals surface area contributed by atoms with E-state index in [4.69, 9.17) is 46.4 Å². The number of hydrogen-bond donors (Lipinski definition) is 0. The van der Waals surface area contributed by atoms with Crippen LogP contribution in [0.4, 0.5) is 0 Å². The number of halogens is 4. The number of alkyl halides is 4. The molecule has 5 heteroatoms. The van der Waals surface area contributed by atoms with Crippen molar-refractivity contribution in [1.29, 1.82) is 0 Å². The second-order valence-corrected chi connectivity index (χ2v) is 6.91. The lowest BCUT2D eigenvalue weighted by Crippen LogP contribution is -2.56. The van der Waals surface area contributed by atoms with Gasteiger partial charge in [0.25, 0.3) is 0 Å². The van der Waals surface area contributed by atoms with Gasteiger partial charge in [-0.15, -0.1) is 11.6 Å². The minimum absolute atomic E-state index is 0.0157. The van der Waals surface area contributed by atoms with Crippen molar-refractivity contribution in [1.82, 2.24) is 0 Å². The minimum Gasteiger partial charge on any atom is -0.298 e. The first-order chi connectivity index (χ1) is 5.66. The highest BCUT2D eigenvalue weighted by molar-refractivity contribution is 6.67. The first-order valence-corrected chi connectivity index (χ1v) is 5.48. The van der Waals surface area contributed by atoms with E-state index in [9.17, 15) is 4.79 Å². The molecule has 76 valence electrons. The Morgan fingerprint density at radius 1 is 1.38 bits per heavy atom. The van der Waals surface area contributed by atoms with Crippen molar-refractivity contribution in [3.63, 3.8) is 0 Å². The molecule has 1 nitrogen and oxygen atoms in total. The van der Waals surface area contributed by atoms with E-state index in [0.717, 1.165) is 0 Å². The third-order valence-electron chi connectivity index (χ3n) is 2.58. The molecule has 0 amide bonds. The highest BCUT2D eigenvalue weighted by Gasteiger charge is 2.56. The van der Waals surface area contributed by atoms with Crippen molar-refractivity contribution < 1.29 is 4.79 Å². The third kappa shape index (κ3) is 2.26. The largest absolute Gasteiger partial charge is 0.298 e. The van der Waals surface area contributed by atoms with Gasteiger partial charge in [-0.1, -0.05) is 48.7 Å². The molecule has 0 radical (unpaired) electrons. The topological polar surface area (TPSA) is 17.1 Å². The molecule has 1 aliphatic rings. The van der Waals surface area contributed by atoms with Crippen LogP contribution in [0.2, 0.25) is 0 Å². The van der Waals surface area contributed by atoms with E-state index in [1.165, 1.54) is 0 Å². The van der Waals surface area contributed by atoms with Gasteiger partial charge in [0.2, 0.25) is 0 Å². The molecule has 0 heterocycles. The maximum atomic E-state index is 11.3. The molecule has 2 atom stereocenters. The molecule has 0 aromatic rings. The van der Waals surface area contributed by atoms with E-state index in [2.05, 4.69) is 0 Å².